The predicted octanol–water partition coefficient (Wildman–Crippen LogP) is 8.77. The van der Waals surface area contributed by atoms with Crippen molar-refractivity contribution in [3.8, 4) is 21.8 Å². The number of carbonyl (C=O) groups excluding carboxylic acids is 2. The van der Waals surface area contributed by atoms with Crippen LogP contribution in [0, 0.1) is 11.8 Å². The van der Waals surface area contributed by atoms with E-state index in [1.54, 1.807) is 4.90 Å². The molecule has 0 bridgehead atoms. The summed E-state index contributed by atoms with van der Waals surface area (Å²) in [6.45, 7) is 8.42. The van der Waals surface area contributed by atoms with Crippen molar-refractivity contribution < 1.29 is 9.59 Å². The van der Waals surface area contributed by atoms with Crippen LogP contribution >= 0.6 is 11.3 Å². The molecule has 0 aliphatic rings. The van der Waals surface area contributed by atoms with Gasteiger partial charge in [-0.25, -0.2) is 9.88 Å². The van der Waals surface area contributed by atoms with Gasteiger partial charge in [0.2, 0.25) is 11.8 Å². The average Bonchev–Trinajstić information content (AvgIpc) is 3.34. The number of hydrogen-bond donors (Lipinski definition) is 0. The van der Waals surface area contributed by atoms with E-state index in [4.69, 9.17) is 4.98 Å². The molecule has 4 nitrogen and oxygen atoms in total. The first-order valence-electron chi connectivity index (χ1n) is 13.5. The minimum atomic E-state index is -0.168. The summed E-state index contributed by atoms with van der Waals surface area (Å²) in [5, 5.41) is 1.48. The summed E-state index contributed by atoms with van der Waals surface area (Å²) in [7, 11) is 0. The van der Waals surface area contributed by atoms with Gasteiger partial charge in [-0.15, -0.1) is 0 Å². The fourth-order valence-corrected chi connectivity index (χ4v) is 5.91. The second kappa shape index (κ2) is 14.1. The lowest BCUT2D eigenvalue weighted by atomic mass is 9.93. The number of carbonyl (C=O) groups is 2. The Hall–Kier alpha value is -2.79. The SMILES string of the molecule is CCCC(CCC)C(=O)N(C(=O)C(CCC)CCC)c1sc(-c2ccccc2)nc1-c1ccccc1. The maximum Gasteiger partial charge on any atom is 0.237 e. The first kappa shape index (κ1) is 27.8. The first-order valence-corrected chi connectivity index (χ1v) is 14.4. The number of amides is 2. The van der Waals surface area contributed by atoms with Gasteiger partial charge in [-0.2, -0.15) is 0 Å². The molecular weight excluding hydrogens is 464 g/mol. The van der Waals surface area contributed by atoms with Crippen LogP contribution in [0.4, 0.5) is 5.00 Å². The van der Waals surface area contributed by atoms with Crippen molar-refractivity contribution in [1.29, 1.82) is 0 Å². The molecule has 5 heteroatoms. The van der Waals surface area contributed by atoms with Gasteiger partial charge in [-0.05, 0) is 25.7 Å². The highest BCUT2D eigenvalue weighted by molar-refractivity contribution is 7.20. The summed E-state index contributed by atoms with van der Waals surface area (Å²) in [4.78, 5) is 34.9. The third-order valence-electron chi connectivity index (χ3n) is 6.57. The Morgan fingerprint density at radius 1 is 0.694 bits per heavy atom. The van der Waals surface area contributed by atoms with E-state index in [1.807, 2.05) is 60.7 Å². The van der Waals surface area contributed by atoms with E-state index < -0.39 is 0 Å². The molecule has 0 N–H and O–H groups in total. The van der Waals surface area contributed by atoms with Crippen molar-refractivity contribution >= 4 is 28.2 Å². The van der Waals surface area contributed by atoms with Crippen molar-refractivity contribution in [1.82, 2.24) is 4.98 Å². The molecule has 0 spiro atoms. The topological polar surface area (TPSA) is 50.3 Å². The normalized spacial score (nSPS) is 11.3. The van der Waals surface area contributed by atoms with E-state index in [2.05, 4.69) is 27.7 Å². The zero-order chi connectivity index (χ0) is 25.9. The molecular formula is C31H40N2O2S. The standard InChI is InChI=1S/C31H40N2O2S/c1-5-15-25(16-6-2)29(34)33(30(35)26(17-7-3)18-8-4)31-27(23-19-11-9-12-20-23)32-28(36-31)24-21-13-10-14-22-24/h9-14,19-22,25-26H,5-8,15-18H2,1-4H3. The Morgan fingerprint density at radius 2 is 1.11 bits per heavy atom. The van der Waals surface area contributed by atoms with Gasteiger partial charge < -0.3 is 0 Å². The third kappa shape index (κ3) is 6.70. The van der Waals surface area contributed by atoms with Crippen LogP contribution in [-0.2, 0) is 9.59 Å². The van der Waals surface area contributed by atoms with E-state index in [1.165, 1.54) is 11.3 Å². The molecule has 2 amide bonds. The van der Waals surface area contributed by atoms with Crippen LogP contribution in [0.5, 0.6) is 0 Å². The Balaban J connectivity index is 2.21. The number of hydrogen-bond acceptors (Lipinski definition) is 4. The summed E-state index contributed by atoms with van der Waals surface area (Å²) in [5.41, 5.74) is 2.62. The number of imide groups is 1. The van der Waals surface area contributed by atoms with Gasteiger partial charge in [0.1, 0.15) is 15.7 Å². The molecule has 0 aliphatic heterocycles. The highest BCUT2D eigenvalue weighted by Gasteiger charge is 2.36. The highest BCUT2D eigenvalue weighted by atomic mass is 32.1. The minimum Gasteiger partial charge on any atom is -0.274 e. The van der Waals surface area contributed by atoms with Crippen LogP contribution in [-0.4, -0.2) is 16.8 Å². The molecule has 1 aromatic heterocycles. The lowest BCUT2D eigenvalue weighted by Gasteiger charge is -2.28. The van der Waals surface area contributed by atoms with Crippen LogP contribution in [0.3, 0.4) is 0 Å². The molecule has 0 unspecified atom stereocenters. The number of rotatable bonds is 13. The molecule has 36 heavy (non-hydrogen) atoms. The summed E-state index contributed by atoms with van der Waals surface area (Å²) >= 11 is 1.45. The van der Waals surface area contributed by atoms with Gasteiger partial charge in [0.25, 0.3) is 0 Å². The van der Waals surface area contributed by atoms with Crippen molar-refractivity contribution in [2.75, 3.05) is 4.90 Å². The predicted molar refractivity (Wildman–Crippen MR) is 152 cm³/mol. The molecule has 0 fully saturated rings. The number of thiazole rings is 1. The molecule has 0 saturated heterocycles. The zero-order valence-electron chi connectivity index (χ0n) is 22.2. The van der Waals surface area contributed by atoms with Crippen molar-refractivity contribution in [3.05, 3.63) is 60.7 Å². The lowest BCUT2D eigenvalue weighted by Crippen LogP contribution is -2.44. The molecule has 192 valence electrons. The molecule has 0 aliphatic carbocycles. The van der Waals surface area contributed by atoms with E-state index in [9.17, 15) is 9.59 Å². The van der Waals surface area contributed by atoms with Gasteiger partial charge >= 0.3 is 0 Å². The molecule has 1 heterocycles. The second-order valence-corrected chi connectivity index (χ2v) is 10.4. The van der Waals surface area contributed by atoms with Gasteiger partial charge in [0.15, 0.2) is 0 Å². The molecule has 3 aromatic rings. The number of anilines is 1. The monoisotopic (exact) mass is 504 g/mol. The largest absolute Gasteiger partial charge is 0.274 e. The molecule has 2 aromatic carbocycles. The van der Waals surface area contributed by atoms with E-state index in [-0.39, 0.29) is 23.7 Å². The minimum absolute atomic E-state index is 0.0682. The molecule has 0 saturated carbocycles. The summed E-state index contributed by atoms with van der Waals surface area (Å²) < 4.78 is 0. The van der Waals surface area contributed by atoms with E-state index in [0.717, 1.165) is 67.5 Å². The zero-order valence-corrected chi connectivity index (χ0v) is 23.0. The quantitative estimate of drug-likeness (QED) is 0.234. The van der Waals surface area contributed by atoms with Crippen LogP contribution in [0.1, 0.15) is 79.1 Å². The Morgan fingerprint density at radius 3 is 1.53 bits per heavy atom. The van der Waals surface area contributed by atoms with Gasteiger partial charge in [0, 0.05) is 23.0 Å². The number of aromatic nitrogens is 1. The maximum absolute atomic E-state index is 14.2. The Labute approximate surface area is 220 Å². The molecule has 3 rings (SSSR count). The Kier molecular flexibility index (Phi) is 10.9. The smallest absolute Gasteiger partial charge is 0.237 e. The average molecular weight is 505 g/mol. The van der Waals surface area contributed by atoms with E-state index in [0.29, 0.717) is 10.7 Å². The van der Waals surface area contributed by atoms with Crippen LogP contribution in [0.25, 0.3) is 21.8 Å². The second-order valence-electron chi connectivity index (χ2n) is 9.47. The first-order chi connectivity index (χ1) is 17.5. The maximum atomic E-state index is 14.2. The molecule has 0 radical (unpaired) electrons. The summed E-state index contributed by atoms with van der Waals surface area (Å²) in [6, 6.07) is 19.9. The van der Waals surface area contributed by atoms with Gasteiger partial charge in [0.05, 0.1) is 0 Å². The fourth-order valence-electron chi connectivity index (χ4n) is 4.80. The van der Waals surface area contributed by atoms with Crippen LogP contribution in [0.2, 0.25) is 0 Å². The summed E-state index contributed by atoms with van der Waals surface area (Å²) in [6.07, 6.45) is 6.79. The summed E-state index contributed by atoms with van der Waals surface area (Å²) in [5.74, 6) is -0.472. The number of benzene rings is 2. The van der Waals surface area contributed by atoms with Crippen LogP contribution in [0.15, 0.2) is 60.7 Å². The third-order valence-corrected chi connectivity index (χ3v) is 7.66. The van der Waals surface area contributed by atoms with Crippen molar-refractivity contribution in [3.63, 3.8) is 0 Å². The highest BCUT2D eigenvalue weighted by Crippen LogP contribution is 2.42. The van der Waals surface area contributed by atoms with Crippen LogP contribution < -0.4 is 4.90 Å². The Bertz CT molecular complexity index is 1050. The van der Waals surface area contributed by atoms with Crippen molar-refractivity contribution in [2.45, 2.75) is 79.1 Å². The van der Waals surface area contributed by atoms with Gasteiger partial charge in [-0.3, -0.25) is 9.59 Å². The van der Waals surface area contributed by atoms with Crippen molar-refractivity contribution in [2.24, 2.45) is 11.8 Å². The van der Waals surface area contributed by atoms with E-state index >= 15 is 0 Å². The number of nitrogens with zero attached hydrogens (tertiary/aromatic N) is 2. The fraction of sp³-hybridized carbons (Fsp3) is 0.452. The lowest BCUT2D eigenvalue weighted by molar-refractivity contribution is -0.131. The molecule has 0 atom stereocenters. The van der Waals surface area contributed by atoms with Gasteiger partial charge in [-0.1, -0.05) is 125 Å².